The molecule has 1 atom stereocenters. The van der Waals surface area contributed by atoms with Gasteiger partial charge in [-0.2, -0.15) is 0 Å². The highest BCUT2D eigenvalue weighted by Gasteiger charge is 2.25. The standard InChI is InChI=1S/C17H26F2N2O2/c1-12(2)10-17(3,11-20)21-16(22)5-4-8-23-15-7-6-13(18)9-14(15)19/h6-7,9,12H,4-5,8,10-11,20H2,1-3H3,(H,21,22). The van der Waals surface area contributed by atoms with Crippen LogP contribution in [0.5, 0.6) is 5.75 Å². The first-order valence-electron chi connectivity index (χ1n) is 7.84. The Morgan fingerprint density at radius 1 is 1.39 bits per heavy atom. The number of nitrogens with two attached hydrogens (primary N) is 1. The van der Waals surface area contributed by atoms with Crippen LogP contribution in [0.4, 0.5) is 8.78 Å². The number of halogens is 2. The van der Waals surface area contributed by atoms with Gasteiger partial charge in [-0.25, -0.2) is 8.78 Å². The van der Waals surface area contributed by atoms with Crippen molar-refractivity contribution in [2.75, 3.05) is 13.2 Å². The van der Waals surface area contributed by atoms with Crippen molar-refractivity contribution in [3.8, 4) is 5.75 Å². The van der Waals surface area contributed by atoms with E-state index in [1.54, 1.807) is 0 Å². The van der Waals surface area contributed by atoms with Crippen molar-refractivity contribution in [1.82, 2.24) is 5.32 Å². The number of ether oxygens (including phenoxy) is 1. The lowest BCUT2D eigenvalue weighted by atomic mass is 9.90. The summed E-state index contributed by atoms with van der Waals surface area (Å²) >= 11 is 0. The number of carbonyl (C=O) groups excluding carboxylic acids is 1. The second-order valence-electron chi connectivity index (χ2n) is 6.44. The van der Waals surface area contributed by atoms with Gasteiger partial charge in [-0.05, 0) is 37.8 Å². The molecule has 1 unspecified atom stereocenters. The van der Waals surface area contributed by atoms with Gasteiger partial charge in [-0.15, -0.1) is 0 Å². The van der Waals surface area contributed by atoms with Crippen LogP contribution in [0.3, 0.4) is 0 Å². The molecule has 0 saturated heterocycles. The van der Waals surface area contributed by atoms with Gasteiger partial charge in [-0.1, -0.05) is 13.8 Å². The summed E-state index contributed by atoms with van der Waals surface area (Å²) < 4.78 is 31.3. The highest BCUT2D eigenvalue weighted by molar-refractivity contribution is 5.76. The smallest absolute Gasteiger partial charge is 0.220 e. The minimum atomic E-state index is -0.748. The van der Waals surface area contributed by atoms with E-state index in [2.05, 4.69) is 19.2 Å². The molecule has 1 aromatic rings. The first-order chi connectivity index (χ1) is 10.8. The zero-order chi connectivity index (χ0) is 17.5. The van der Waals surface area contributed by atoms with Gasteiger partial charge >= 0.3 is 0 Å². The predicted octanol–water partition coefficient (Wildman–Crippen LogP) is 3.00. The Hall–Kier alpha value is -1.69. The highest BCUT2D eigenvalue weighted by atomic mass is 19.1. The largest absolute Gasteiger partial charge is 0.491 e. The van der Waals surface area contributed by atoms with Crippen molar-refractivity contribution in [2.24, 2.45) is 11.7 Å². The fourth-order valence-electron chi connectivity index (χ4n) is 2.49. The molecule has 0 heterocycles. The third-order valence-electron chi connectivity index (χ3n) is 3.45. The van der Waals surface area contributed by atoms with E-state index in [0.29, 0.717) is 18.9 Å². The van der Waals surface area contributed by atoms with E-state index in [1.807, 2.05) is 6.92 Å². The molecule has 6 heteroatoms. The summed E-state index contributed by atoms with van der Waals surface area (Å²) in [4.78, 5) is 12.0. The van der Waals surface area contributed by atoms with Gasteiger partial charge in [-0.3, -0.25) is 4.79 Å². The molecule has 130 valence electrons. The minimum Gasteiger partial charge on any atom is -0.491 e. The zero-order valence-corrected chi connectivity index (χ0v) is 14.0. The van der Waals surface area contributed by atoms with Crippen molar-refractivity contribution in [3.05, 3.63) is 29.8 Å². The summed E-state index contributed by atoms with van der Waals surface area (Å²) in [6.45, 7) is 6.62. The van der Waals surface area contributed by atoms with Crippen molar-refractivity contribution in [2.45, 2.75) is 45.6 Å². The molecule has 23 heavy (non-hydrogen) atoms. The molecule has 0 bridgehead atoms. The fourth-order valence-corrected chi connectivity index (χ4v) is 2.49. The van der Waals surface area contributed by atoms with Crippen LogP contribution in [0.25, 0.3) is 0 Å². The summed E-state index contributed by atoms with van der Waals surface area (Å²) in [5.41, 5.74) is 5.33. The van der Waals surface area contributed by atoms with E-state index in [1.165, 1.54) is 6.07 Å². The SMILES string of the molecule is CC(C)CC(C)(CN)NC(=O)CCCOc1ccc(F)cc1F. The number of benzene rings is 1. The summed E-state index contributed by atoms with van der Waals surface area (Å²) in [5, 5.41) is 2.95. The molecular weight excluding hydrogens is 302 g/mol. The molecule has 0 aliphatic carbocycles. The third-order valence-corrected chi connectivity index (χ3v) is 3.45. The summed E-state index contributed by atoms with van der Waals surface area (Å²) in [6.07, 6.45) is 1.49. The van der Waals surface area contributed by atoms with Crippen LogP contribution in [-0.4, -0.2) is 24.6 Å². The van der Waals surface area contributed by atoms with Gasteiger partial charge in [0.05, 0.1) is 6.61 Å². The molecule has 0 saturated carbocycles. The van der Waals surface area contributed by atoms with E-state index >= 15 is 0 Å². The maximum absolute atomic E-state index is 13.4. The number of rotatable bonds is 9. The summed E-state index contributed by atoms with van der Waals surface area (Å²) in [6, 6.07) is 3.13. The van der Waals surface area contributed by atoms with Crippen LogP contribution in [0.15, 0.2) is 18.2 Å². The molecule has 0 aliphatic rings. The van der Waals surface area contributed by atoms with Crippen LogP contribution in [0, 0.1) is 17.6 Å². The Morgan fingerprint density at radius 3 is 2.65 bits per heavy atom. The van der Waals surface area contributed by atoms with Crippen LogP contribution in [0.1, 0.15) is 40.0 Å². The molecule has 1 aromatic carbocycles. The van der Waals surface area contributed by atoms with Gasteiger partial charge in [0.2, 0.25) is 5.91 Å². The average molecular weight is 328 g/mol. The molecule has 1 rings (SSSR count). The maximum atomic E-state index is 13.4. The molecule has 4 nitrogen and oxygen atoms in total. The quantitative estimate of drug-likeness (QED) is 0.685. The Labute approximate surface area is 136 Å². The van der Waals surface area contributed by atoms with Crippen LogP contribution < -0.4 is 15.8 Å². The normalized spacial score (nSPS) is 13.7. The molecule has 0 fully saturated rings. The Kier molecular flexibility index (Phi) is 7.42. The van der Waals surface area contributed by atoms with Gasteiger partial charge in [0, 0.05) is 24.6 Å². The fraction of sp³-hybridized carbons (Fsp3) is 0.588. The van der Waals surface area contributed by atoms with Gasteiger partial charge < -0.3 is 15.8 Å². The van der Waals surface area contributed by atoms with Crippen molar-refractivity contribution in [1.29, 1.82) is 0 Å². The van der Waals surface area contributed by atoms with E-state index in [0.717, 1.165) is 18.6 Å². The number of hydrogen-bond donors (Lipinski definition) is 2. The van der Waals surface area contributed by atoms with Crippen LogP contribution in [-0.2, 0) is 4.79 Å². The second-order valence-corrected chi connectivity index (χ2v) is 6.44. The van der Waals surface area contributed by atoms with Gasteiger partial charge in [0.1, 0.15) is 5.82 Å². The van der Waals surface area contributed by atoms with Crippen molar-refractivity contribution in [3.63, 3.8) is 0 Å². The first-order valence-corrected chi connectivity index (χ1v) is 7.84. The number of nitrogens with one attached hydrogen (secondary N) is 1. The van der Waals surface area contributed by atoms with E-state index < -0.39 is 17.2 Å². The van der Waals surface area contributed by atoms with Gasteiger partial charge in [0.25, 0.3) is 0 Å². The lowest BCUT2D eigenvalue weighted by Gasteiger charge is -2.31. The van der Waals surface area contributed by atoms with Crippen molar-refractivity contribution < 1.29 is 18.3 Å². The Bertz CT molecular complexity index is 523. The van der Waals surface area contributed by atoms with Crippen LogP contribution >= 0.6 is 0 Å². The second kappa shape index (κ2) is 8.82. The number of hydrogen-bond acceptors (Lipinski definition) is 3. The number of amides is 1. The van der Waals surface area contributed by atoms with E-state index in [4.69, 9.17) is 10.5 Å². The molecule has 3 N–H and O–H groups in total. The van der Waals surface area contributed by atoms with E-state index in [9.17, 15) is 13.6 Å². The molecule has 1 amide bonds. The topological polar surface area (TPSA) is 64.3 Å². The third kappa shape index (κ3) is 6.95. The Morgan fingerprint density at radius 2 is 2.09 bits per heavy atom. The lowest BCUT2D eigenvalue weighted by Crippen LogP contribution is -2.52. The van der Waals surface area contributed by atoms with Gasteiger partial charge in [0.15, 0.2) is 11.6 Å². The molecule has 0 radical (unpaired) electrons. The zero-order valence-electron chi connectivity index (χ0n) is 14.0. The summed E-state index contributed by atoms with van der Waals surface area (Å²) in [5.74, 6) is -1.10. The molecule has 0 aliphatic heterocycles. The lowest BCUT2D eigenvalue weighted by molar-refractivity contribution is -0.123. The predicted molar refractivity (Wildman–Crippen MR) is 86.1 cm³/mol. The first kappa shape index (κ1) is 19.4. The highest BCUT2D eigenvalue weighted by Crippen LogP contribution is 2.18. The average Bonchev–Trinajstić information content (AvgIpc) is 2.44. The monoisotopic (exact) mass is 328 g/mol. The molecular formula is C17H26F2N2O2. The van der Waals surface area contributed by atoms with E-state index in [-0.39, 0.29) is 24.7 Å². The minimum absolute atomic E-state index is 0.0154. The molecule has 0 aromatic heterocycles. The maximum Gasteiger partial charge on any atom is 0.220 e. The Balaban J connectivity index is 2.36. The summed E-state index contributed by atoms with van der Waals surface area (Å²) in [7, 11) is 0. The molecule has 0 spiro atoms. The van der Waals surface area contributed by atoms with Crippen LogP contribution in [0.2, 0.25) is 0 Å². The van der Waals surface area contributed by atoms with Crippen molar-refractivity contribution >= 4 is 5.91 Å². The number of carbonyl (C=O) groups is 1.